The molecule has 0 aromatic heterocycles. The van der Waals surface area contributed by atoms with Crippen LogP contribution in [0.3, 0.4) is 0 Å². The Labute approximate surface area is 102 Å². The predicted octanol–water partition coefficient (Wildman–Crippen LogP) is 3.69. The standard InChI is InChI=1S/C14H21F2N/c1-13(2,3)11-5-7-12(8-6-11)14(15,16)9-10-17-4/h5-8,17H,9-10H2,1-4H3. The summed E-state index contributed by atoms with van der Waals surface area (Å²) < 4.78 is 27.5. The van der Waals surface area contributed by atoms with Crippen LogP contribution in [0.2, 0.25) is 0 Å². The molecule has 3 heteroatoms. The fourth-order valence-electron chi connectivity index (χ4n) is 1.64. The van der Waals surface area contributed by atoms with Crippen LogP contribution >= 0.6 is 0 Å². The molecule has 0 atom stereocenters. The van der Waals surface area contributed by atoms with E-state index < -0.39 is 5.92 Å². The van der Waals surface area contributed by atoms with Crippen LogP contribution in [0.15, 0.2) is 24.3 Å². The Kier molecular flexibility index (Phi) is 4.26. The summed E-state index contributed by atoms with van der Waals surface area (Å²) in [6.07, 6.45) is -0.168. The third kappa shape index (κ3) is 3.77. The minimum atomic E-state index is -2.75. The molecular weight excluding hydrogens is 220 g/mol. The first-order valence-electron chi connectivity index (χ1n) is 5.91. The van der Waals surface area contributed by atoms with Crippen LogP contribution < -0.4 is 5.32 Å². The molecule has 0 bridgehead atoms. The first-order valence-corrected chi connectivity index (χ1v) is 5.91. The van der Waals surface area contributed by atoms with Gasteiger partial charge in [-0.05, 0) is 18.0 Å². The summed E-state index contributed by atoms with van der Waals surface area (Å²) in [7, 11) is 1.68. The van der Waals surface area contributed by atoms with Gasteiger partial charge in [-0.25, -0.2) is 8.78 Å². The maximum atomic E-state index is 13.7. The summed E-state index contributed by atoms with van der Waals surface area (Å²) in [6, 6.07) is 6.66. The Hall–Kier alpha value is -0.960. The van der Waals surface area contributed by atoms with E-state index in [-0.39, 0.29) is 17.4 Å². The van der Waals surface area contributed by atoms with Crippen LogP contribution in [-0.4, -0.2) is 13.6 Å². The Morgan fingerprint density at radius 1 is 1.00 bits per heavy atom. The molecule has 1 rings (SSSR count). The Balaban J connectivity index is 2.87. The lowest BCUT2D eigenvalue weighted by atomic mass is 9.86. The van der Waals surface area contributed by atoms with Crippen molar-refractivity contribution in [3.8, 4) is 0 Å². The van der Waals surface area contributed by atoms with Crippen LogP contribution in [0.4, 0.5) is 8.78 Å². The summed E-state index contributed by atoms with van der Waals surface area (Å²) in [5.74, 6) is -2.75. The van der Waals surface area contributed by atoms with Crippen LogP contribution in [0, 0.1) is 0 Å². The maximum absolute atomic E-state index is 13.7. The molecule has 96 valence electrons. The van der Waals surface area contributed by atoms with Gasteiger partial charge in [0.1, 0.15) is 0 Å². The first-order chi connectivity index (χ1) is 7.77. The summed E-state index contributed by atoms with van der Waals surface area (Å²) in [6.45, 7) is 6.53. The molecule has 17 heavy (non-hydrogen) atoms. The van der Waals surface area contributed by atoms with Gasteiger partial charge in [-0.1, -0.05) is 45.0 Å². The number of hydrogen-bond acceptors (Lipinski definition) is 1. The SMILES string of the molecule is CNCCC(F)(F)c1ccc(C(C)(C)C)cc1. The van der Waals surface area contributed by atoms with E-state index in [9.17, 15) is 8.78 Å². The zero-order chi connectivity index (χ0) is 13.1. The van der Waals surface area contributed by atoms with Gasteiger partial charge in [0.2, 0.25) is 0 Å². The molecule has 1 aromatic carbocycles. The highest BCUT2D eigenvalue weighted by Gasteiger charge is 2.30. The lowest BCUT2D eigenvalue weighted by Gasteiger charge is -2.21. The van der Waals surface area contributed by atoms with E-state index in [0.29, 0.717) is 6.54 Å². The van der Waals surface area contributed by atoms with E-state index in [0.717, 1.165) is 5.56 Å². The molecule has 0 saturated heterocycles. The van der Waals surface area contributed by atoms with Crippen molar-refractivity contribution in [2.24, 2.45) is 0 Å². The molecule has 0 spiro atoms. The summed E-state index contributed by atoms with van der Waals surface area (Å²) in [4.78, 5) is 0. The highest BCUT2D eigenvalue weighted by Crippen LogP contribution is 2.32. The third-order valence-corrected chi connectivity index (χ3v) is 2.86. The van der Waals surface area contributed by atoms with Gasteiger partial charge in [0.05, 0.1) is 0 Å². The summed E-state index contributed by atoms with van der Waals surface area (Å²) in [5.41, 5.74) is 1.17. The van der Waals surface area contributed by atoms with Crippen LogP contribution in [0.1, 0.15) is 38.3 Å². The third-order valence-electron chi connectivity index (χ3n) is 2.86. The molecule has 0 heterocycles. The fourth-order valence-corrected chi connectivity index (χ4v) is 1.64. The average Bonchev–Trinajstić information content (AvgIpc) is 2.25. The van der Waals surface area contributed by atoms with Gasteiger partial charge < -0.3 is 5.32 Å². The van der Waals surface area contributed by atoms with E-state index >= 15 is 0 Å². The number of rotatable bonds is 4. The van der Waals surface area contributed by atoms with E-state index in [1.807, 2.05) is 0 Å². The maximum Gasteiger partial charge on any atom is 0.274 e. The second-order valence-corrected chi connectivity index (χ2v) is 5.39. The lowest BCUT2D eigenvalue weighted by molar-refractivity contribution is -0.0123. The summed E-state index contributed by atoms with van der Waals surface area (Å²) >= 11 is 0. The van der Waals surface area contributed by atoms with Crippen molar-refractivity contribution >= 4 is 0 Å². The van der Waals surface area contributed by atoms with Gasteiger partial charge in [-0.15, -0.1) is 0 Å². The number of nitrogens with one attached hydrogen (secondary N) is 1. The van der Waals surface area contributed by atoms with E-state index in [4.69, 9.17) is 0 Å². The number of halogens is 2. The molecule has 0 aliphatic rings. The Bertz CT molecular complexity index is 349. The Morgan fingerprint density at radius 3 is 1.88 bits per heavy atom. The molecule has 0 saturated carbocycles. The van der Waals surface area contributed by atoms with Crippen molar-refractivity contribution in [2.45, 2.75) is 38.5 Å². The van der Waals surface area contributed by atoms with Gasteiger partial charge in [-0.2, -0.15) is 0 Å². The quantitative estimate of drug-likeness (QED) is 0.847. The highest BCUT2D eigenvalue weighted by atomic mass is 19.3. The number of benzene rings is 1. The van der Waals surface area contributed by atoms with Crippen molar-refractivity contribution in [1.82, 2.24) is 5.32 Å². The second-order valence-electron chi connectivity index (χ2n) is 5.39. The zero-order valence-corrected chi connectivity index (χ0v) is 11.0. The summed E-state index contributed by atoms with van der Waals surface area (Å²) in [5, 5.41) is 2.75. The van der Waals surface area contributed by atoms with Crippen LogP contribution in [0.25, 0.3) is 0 Å². The largest absolute Gasteiger partial charge is 0.320 e. The molecule has 1 N–H and O–H groups in total. The van der Waals surface area contributed by atoms with Gasteiger partial charge >= 0.3 is 0 Å². The molecule has 0 aliphatic carbocycles. The minimum Gasteiger partial charge on any atom is -0.320 e. The number of alkyl halides is 2. The Morgan fingerprint density at radius 2 is 1.47 bits per heavy atom. The molecule has 1 nitrogen and oxygen atoms in total. The van der Waals surface area contributed by atoms with Gasteiger partial charge in [0, 0.05) is 18.5 Å². The van der Waals surface area contributed by atoms with Gasteiger partial charge in [0.25, 0.3) is 5.92 Å². The lowest BCUT2D eigenvalue weighted by Crippen LogP contribution is -2.21. The topological polar surface area (TPSA) is 12.0 Å². The van der Waals surface area contributed by atoms with Crippen LogP contribution in [0.5, 0.6) is 0 Å². The molecule has 0 aliphatic heterocycles. The number of hydrogen-bond donors (Lipinski definition) is 1. The molecule has 0 fully saturated rings. The fraction of sp³-hybridized carbons (Fsp3) is 0.571. The van der Waals surface area contributed by atoms with Crippen molar-refractivity contribution in [3.05, 3.63) is 35.4 Å². The van der Waals surface area contributed by atoms with Gasteiger partial charge in [0.15, 0.2) is 0 Å². The first kappa shape index (κ1) is 14.1. The van der Waals surface area contributed by atoms with Crippen LogP contribution in [-0.2, 0) is 11.3 Å². The highest BCUT2D eigenvalue weighted by molar-refractivity contribution is 5.29. The molecule has 1 aromatic rings. The van der Waals surface area contributed by atoms with Crippen molar-refractivity contribution < 1.29 is 8.78 Å². The van der Waals surface area contributed by atoms with E-state index in [1.165, 1.54) is 12.1 Å². The monoisotopic (exact) mass is 241 g/mol. The normalized spacial score (nSPS) is 12.8. The van der Waals surface area contributed by atoms with E-state index in [2.05, 4.69) is 26.1 Å². The molecule has 0 unspecified atom stereocenters. The zero-order valence-electron chi connectivity index (χ0n) is 11.0. The average molecular weight is 241 g/mol. The smallest absolute Gasteiger partial charge is 0.274 e. The minimum absolute atomic E-state index is 0.00120. The molecular formula is C14H21F2N. The van der Waals surface area contributed by atoms with Crippen molar-refractivity contribution in [1.29, 1.82) is 0 Å². The van der Waals surface area contributed by atoms with Gasteiger partial charge in [-0.3, -0.25) is 0 Å². The molecule has 0 amide bonds. The molecule has 0 radical (unpaired) electrons. The van der Waals surface area contributed by atoms with Crippen molar-refractivity contribution in [3.63, 3.8) is 0 Å². The van der Waals surface area contributed by atoms with E-state index in [1.54, 1.807) is 19.2 Å². The second kappa shape index (κ2) is 5.13. The predicted molar refractivity (Wildman–Crippen MR) is 67.6 cm³/mol. The van der Waals surface area contributed by atoms with Crippen molar-refractivity contribution in [2.75, 3.05) is 13.6 Å².